The first-order valence-corrected chi connectivity index (χ1v) is 6.09. The molecule has 0 spiro atoms. The number of aromatic nitrogens is 2. The minimum absolute atomic E-state index is 0.0234. The lowest BCUT2D eigenvalue weighted by molar-refractivity contribution is -0.392. The molecule has 8 nitrogen and oxygen atoms in total. The van der Waals surface area contributed by atoms with E-state index in [-0.39, 0.29) is 11.8 Å². The molecule has 0 aromatic carbocycles. The molecule has 8 heteroatoms. The molecule has 0 amide bonds. The zero-order valence-electron chi connectivity index (χ0n) is 11.1. The van der Waals surface area contributed by atoms with E-state index < -0.39 is 4.92 Å². The van der Waals surface area contributed by atoms with Crippen LogP contribution in [0.4, 0.5) is 5.82 Å². The number of rotatable bonds is 8. The summed E-state index contributed by atoms with van der Waals surface area (Å²) in [5.74, 6) is 0.323. The Bertz CT molecular complexity index is 444. The Morgan fingerprint density at radius 3 is 2.95 bits per heavy atom. The molecule has 0 atom stereocenters. The molecule has 0 radical (unpaired) electrons. The fourth-order valence-electron chi connectivity index (χ4n) is 1.62. The Hall–Kier alpha value is -1.96. The van der Waals surface area contributed by atoms with Crippen LogP contribution in [0.1, 0.15) is 19.2 Å². The monoisotopic (exact) mass is 270 g/mol. The van der Waals surface area contributed by atoms with Crippen molar-refractivity contribution in [2.75, 3.05) is 19.7 Å². The van der Waals surface area contributed by atoms with Gasteiger partial charge in [0.2, 0.25) is 0 Å². The van der Waals surface area contributed by atoms with Crippen LogP contribution in [0.15, 0.2) is 6.20 Å². The van der Waals surface area contributed by atoms with Crippen molar-refractivity contribution in [2.24, 2.45) is 0 Å². The highest BCUT2D eigenvalue weighted by atomic mass is 16.6. The van der Waals surface area contributed by atoms with Crippen LogP contribution in [0.2, 0.25) is 0 Å². The van der Waals surface area contributed by atoms with Crippen molar-refractivity contribution < 1.29 is 14.5 Å². The maximum absolute atomic E-state index is 11.1. The lowest BCUT2D eigenvalue weighted by atomic mass is 10.4. The van der Waals surface area contributed by atoms with Gasteiger partial charge in [-0.3, -0.25) is 4.79 Å². The summed E-state index contributed by atoms with van der Waals surface area (Å²) >= 11 is 0. The van der Waals surface area contributed by atoms with E-state index in [0.717, 1.165) is 0 Å². The molecule has 0 aliphatic heterocycles. The highest BCUT2D eigenvalue weighted by Gasteiger charge is 2.16. The number of nitrogens with zero attached hydrogens (tertiary/aromatic N) is 3. The second kappa shape index (κ2) is 7.47. The van der Waals surface area contributed by atoms with Crippen LogP contribution in [0.25, 0.3) is 0 Å². The Labute approximate surface area is 110 Å². The van der Waals surface area contributed by atoms with E-state index in [1.165, 1.54) is 10.8 Å². The number of carbonyl (C=O) groups excluding carboxylic acids is 1. The Kier molecular flexibility index (Phi) is 5.94. The summed E-state index contributed by atoms with van der Waals surface area (Å²) in [6, 6.07) is 0. The third kappa shape index (κ3) is 4.66. The molecule has 0 saturated heterocycles. The topological polar surface area (TPSA) is 99.3 Å². The number of hydrogen-bond acceptors (Lipinski definition) is 6. The van der Waals surface area contributed by atoms with Crippen molar-refractivity contribution in [1.29, 1.82) is 0 Å². The molecule has 0 fully saturated rings. The Morgan fingerprint density at radius 1 is 1.58 bits per heavy atom. The summed E-state index contributed by atoms with van der Waals surface area (Å²) in [6.45, 7) is 5.29. The van der Waals surface area contributed by atoms with Gasteiger partial charge in [-0.1, -0.05) is 0 Å². The van der Waals surface area contributed by atoms with Gasteiger partial charge in [-0.2, -0.15) is 0 Å². The third-order valence-electron chi connectivity index (χ3n) is 2.54. The molecule has 1 rings (SSSR count). The van der Waals surface area contributed by atoms with Gasteiger partial charge in [-0.15, -0.1) is 0 Å². The highest BCUT2D eigenvalue weighted by Crippen LogP contribution is 2.12. The predicted octanol–water partition coefficient (Wildman–Crippen LogP) is 0.643. The van der Waals surface area contributed by atoms with Crippen molar-refractivity contribution in [1.82, 2.24) is 14.9 Å². The zero-order chi connectivity index (χ0) is 14.3. The largest absolute Gasteiger partial charge is 0.466 e. The number of nitro groups is 1. The standard InChI is InChI=1S/C11H18N4O4/c1-3-19-11(16)4-5-12-6-7-14-9(2)13-8-10(14)15(17)18/h8,12H,3-7H2,1-2H3. The fraction of sp³-hybridized carbons (Fsp3) is 0.636. The quantitative estimate of drug-likeness (QED) is 0.322. The van der Waals surface area contributed by atoms with Gasteiger partial charge in [0.1, 0.15) is 12.7 Å². The molecule has 1 aromatic heterocycles. The van der Waals surface area contributed by atoms with Crippen LogP contribution in [0.3, 0.4) is 0 Å². The van der Waals surface area contributed by atoms with Gasteiger partial charge in [0.15, 0.2) is 5.82 Å². The summed E-state index contributed by atoms with van der Waals surface area (Å²) in [7, 11) is 0. The number of carbonyl (C=O) groups is 1. The fourth-order valence-corrected chi connectivity index (χ4v) is 1.62. The van der Waals surface area contributed by atoms with Gasteiger partial charge < -0.3 is 20.2 Å². The molecule has 106 valence electrons. The van der Waals surface area contributed by atoms with E-state index in [1.807, 2.05) is 0 Å². The minimum atomic E-state index is -0.460. The number of nitrogens with one attached hydrogen (secondary N) is 1. The summed E-state index contributed by atoms with van der Waals surface area (Å²) in [4.78, 5) is 25.3. The van der Waals surface area contributed by atoms with Gasteiger partial charge in [-0.05, 0) is 11.8 Å². The first-order chi connectivity index (χ1) is 9.06. The molecular weight excluding hydrogens is 252 g/mol. The van der Waals surface area contributed by atoms with Gasteiger partial charge in [0.25, 0.3) is 0 Å². The third-order valence-corrected chi connectivity index (χ3v) is 2.54. The number of ether oxygens (including phenoxy) is 1. The first-order valence-electron chi connectivity index (χ1n) is 6.09. The second-order valence-electron chi connectivity index (χ2n) is 3.88. The van der Waals surface area contributed by atoms with Gasteiger partial charge in [0, 0.05) is 20.0 Å². The van der Waals surface area contributed by atoms with E-state index in [0.29, 0.717) is 38.5 Å². The lowest BCUT2D eigenvalue weighted by Crippen LogP contribution is -2.24. The zero-order valence-corrected chi connectivity index (χ0v) is 11.1. The molecule has 0 unspecified atom stereocenters. The minimum Gasteiger partial charge on any atom is -0.466 e. The number of esters is 1. The molecule has 19 heavy (non-hydrogen) atoms. The average Bonchev–Trinajstić information content (AvgIpc) is 2.71. The second-order valence-corrected chi connectivity index (χ2v) is 3.88. The maximum atomic E-state index is 11.1. The Balaban J connectivity index is 2.32. The SMILES string of the molecule is CCOC(=O)CCNCCn1c([N+](=O)[O-])cnc1C. The molecule has 0 aliphatic rings. The molecular formula is C11H18N4O4. The van der Waals surface area contributed by atoms with Crippen LogP contribution in [-0.2, 0) is 16.1 Å². The van der Waals surface area contributed by atoms with Crippen LogP contribution < -0.4 is 5.32 Å². The summed E-state index contributed by atoms with van der Waals surface area (Å²) in [5.41, 5.74) is 0. The van der Waals surface area contributed by atoms with Crippen LogP contribution in [0, 0.1) is 17.0 Å². The van der Waals surface area contributed by atoms with Crippen molar-refractivity contribution in [3.63, 3.8) is 0 Å². The smallest absolute Gasteiger partial charge is 0.342 e. The van der Waals surface area contributed by atoms with E-state index >= 15 is 0 Å². The summed E-state index contributed by atoms with van der Waals surface area (Å²) < 4.78 is 6.31. The van der Waals surface area contributed by atoms with Gasteiger partial charge >= 0.3 is 11.8 Å². The molecule has 0 saturated carbocycles. The number of hydrogen-bond donors (Lipinski definition) is 1. The maximum Gasteiger partial charge on any atom is 0.342 e. The molecule has 1 heterocycles. The van der Waals surface area contributed by atoms with E-state index in [4.69, 9.17) is 4.74 Å². The number of imidazole rings is 1. The lowest BCUT2D eigenvalue weighted by Gasteiger charge is -2.05. The highest BCUT2D eigenvalue weighted by molar-refractivity contribution is 5.69. The van der Waals surface area contributed by atoms with Crippen LogP contribution in [0.5, 0.6) is 0 Å². The molecule has 0 aliphatic carbocycles. The van der Waals surface area contributed by atoms with Crippen molar-refractivity contribution in [3.05, 3.63) is 22.1 Å². The van der Waals surface area contributed by atoms with E-state index in [2.05, 4.69) is 10.3 Å². The first kappa shape index (κ1) is 15.1. The van der Waals surface area contributed by atoms with Gasteiger partial charge in [-0.25, -0.2) is 9.55 Å². The van der Waals surface area contributed by atoms with Gasteiger partial charge in [0.05, 0.1) is 13.0 Å². The number of aryl methyl sites for hydroxylation is 1. The molecule has 1 N–H and O–H groups in total. The van der Waals surface area contributed by atoms with E-state index in [9.17, 15) is 14.9 Å². The van der Waals surface area contributed by atoms with Crippen molar-refractivity contribution in [2.45, 2.75) is 26.8 Å². The van der Waals surface area contributed by atoms with Crippen molar-refractivity contribution >= 4 is 11.8 Å². The molecule has 0 bridgehead atoms. The normalized spacial score (nSPS) is 10.4. The molecule has 1 aromatic rings. The Morgan fingerprint density at radius 2 is 2.32 bits per heavy atom. The summed E-state index contributed by atoms with van der Waals surface area (Å²) in [5, 5.41) is 13.8. The van der Waals surface area contributed by atoms with E-state index in [1.54, 1.807) is 13.8 Å². The van der Waals surface area contributed by atoms with Crippen LogP contribution >= 0.6 is 0 Å². The predicted molar refractivity (Wildman–Crippen MR) is 67.7 cm³/mol. The average molecular weight is 270 g/mol. The van der Waals surface area contributed by atoms with Crippen molar-refractivity contribution in [3.8, 4) is 0 Å². The van der Waals surface area contributed by atoms with Crippen LogP contribution in [-0.4, -0.2) is 40.1 Å². The summed E-state index contributed by atoms with van der Waals surface area (Å²) in [6.07, 6.45) is 1.53.